The van der Waals surface area contributed by atoms with Crippen molar-refractivity contribution in [1.29, 1.82) is 0 Å². The number of hydrogen-bond donors (Lipinski definition) is 1. The first-order valence-corrected chi connectivity index (χ1v) is 7.40. The van der Waals surface area contributed by atoms with E-state index in [9.17, 15) is 9.59 Å². The van der Waals surface area contributed by atoms with Crippen LogP contribution in [0.3, 0.4) is 0 Å². The van der Waals surface area contributed by atoms with Gasteiger partial charge in [-0.05, 0) is 31.2 Å². The van der Waals surface area contributed by atoms with Gasteiger partial charge in [-0.15, -0.1) is 0 Å². The number of anilines is 1. The Bertz CT molecular complexity index is 742. The van der Waals surface area contributed by atoms with Crippen LogP contribution in [0.2, 0.25) is 0 Å². The van der Waals surface area contributed by atoms with E-state index in [1.165, 1.54) is 14.2 Å². The minimum atomic E-state index is -0.494. The van der Waals surface area contributed by atoms with Crippen LogP contribution in [0.4, 0.5) is 5.69 Å². The molecule has 0 aliphatic carbocycles. The van der Waals surface area contributed by atoms with Crippen LogP contribution in [0.25, 0.3) is 0 Å². The van der Waals surface area contributed by atoms with Crippen molar-refractivity contribution >= 4 is 17.6 Å². The van der Waals surface area contributed by atoms with Gasteiger partial charge in [-0.25, -0.2) is 4.79 Å². The van der Waals surface area contributed by atoms with E-state index in [2.05, 4.69) is 5.32 Å². The maximum absolute atomic E-state index is 12.6. The van der Waals surface area contributed by atoms with E-state index >= 15 is 0 Å². The van der Waals surface area contributed by atoms with Crippen LogP contribution in [0.15, 0.2) is 42.5 Å². The fourth-order valence-corrected chi connectivity index (χ4v) is 2.23. The Kier molecular flexibility index (Phi) is 5.78. The van der Waals surface area contributed by atoms with Crippen molar-refractivity contribution in [2.75, 3.05) is 26.1 Å². The molecule has 0 atom stereocenters. The lowest BCUT2D eigenvalue weighted by atomic mass is 10.1. The van der Waals surface area contributed by atoms with Gasteiger partial charge < -0.3 is 19.5 Å². The number of methoxy groups -OCH3 is 2. The van der Waals surface area contributed by atoms with E-state index in [0.29, 0.717) is 22.7 Å². The molecule has 0 radical (unpaired) electrons. The molecule has 0 unspecified atom stereocenters. The van der Waals surface area contributed by atoms with Gasteiger partial charge in [-0.1, -0.05) is 18.2 Å². The minimum absolute atomic E-state index is 0.255. The Balaban J connectivity index is 2.33. The number of carbonyl (C=O) groups is 2. The Morgan fingerprint density at radius 1 is 0.958 bits per heavy atom. The second-order valence-corrected chi connectivity index (χ2v) is 4.76. The molecule has 0 fully saturated rings. The normalized spacial score (nSPS) is 9.96. The highest BCUT2D eigenvalue weighted by Crippen LogP contribution is 2.31. The quantitative estimate of drug-likeness (QED) is 0.824. The number of rotatable bonds is 6. The van der Waals surface area contributed by atoms with Crippen molar-refractivity contribution in [2.24, 2.45) is 0 Å². The Morgan fingerprint density at radius 3 is 2.33 bits per heavy atom. The zero-order chi connectivity index (χ0) is 17.5. The number of carbonyl (C=O) groups excluding carboxylic acids is 2. The molecule has 0 spiro atoms. The zero-order valence-corrected chi connectivity index (χ0v) is 13.8. The molecule has 2 aromatic carbocycles. The summed E-state index contributed by atoms with van der Waals surface area (Å²) in [7, 11) is 2.96. The standard InChI is InChI=1S/C18H19NO5/c1-4-24-18(21)12-8-5-6-10-14(12)19-17(20)13-9-7-11-15(22-2)16(13)23-3/h5-11H,4H2,1-3H3,(H,19,20). The van der Waals surface area contributed by atoms with Crippen LogP contribution in [0, 0.1) is 0 Å². The molecule has 0 saturated heterocycles. The number of amides is 1. The van der Waals surface area contributed by atoms with E-state index in [-0.39, 0.29) is 12.2 Å². The molecular weight excluding hydrogens is 310 g/mol. The molecule has 126 valence electrons. The third-order valence-electron chi connectivity index (χ3n) is 3.32. The molecule has 0 saturated carbocycles. The van der Waals surface area contributed by atoms with E-state index in [4.69, 9.17) is 14.2 Å². The van der Waals surface area contributed by atoms with Crippen molar-refractivity contribution in [3.63, 3.8) is 0 Å². The SMILES string of the molecule is CCOC(=O)c1ccccc1NC(=O)c1cccc(OC)c1OC. The molecule has 1 amide bonds. The first-order chi connectivity index (χ1) is 11.6. The van der Waals surface area contributed by atoms with Crippen molar-refractivity contribution in [2.45, 2.75) is 6.92 Å². The van der Waals surface area contributed by atoms with Crippen LogP contribution < -0.4 is 14.8 Å². The number of para-hydroxylation sites is 2. The molecule has 24 heavy (non-hydrogen) atoms. The monoisotopic (exact) mass is 329 g/mol. The Labute approximate surface area is 140 Å². The third kappa shape index (κ3) is 3.65. The topological polar surface area (TPSA) is 73.9 Å². The average Bonchev–Trinajstić information content (AvgIpc) is 2.61. The first-order valence-electron chi connectivity index (χ1n) is 7.40. The predicted molar refractivity (Wildman–Crippen MR) is 89.9 cm³/mol. The summed E-state index contributed by atoms with van der Waals surface area (Å²) in [4.78, 5) is 24.6. The zero-order valence-electron chi connectivity index (χ0n) is 13.8. The molecule has 6 nitrogen and oxygen atoms in total. The number of nitrogens with one attached hydrogen (secondary N) is 1. The highest BCUT2D eigenvalue weighted by atomic mass is 16.5. The summed E-state index contributed by atoms with van der Waals surface area (Å²) in [6.07, 6.45) is 0. The van der Waals surface area contributed by atoms with Crippen LogP contribution in [0.1, 0.15) is 27.6 Å². The Morgan fingerprint density at radius 2 is 1.67 bits per heavy atom. The van der Waals surface area contributed by atoms with Crippen molar-refractivity contribution in [3.8, 4) is 11.5 Å². The fourth-order valence-electron chi connectivity index (χ4n) is 2.23. The lowest BCUT2D eigenvalue weighted by molar-refractivity contribution is 0.0527. The minimum Gasteiger partial charge on any atom is -0.493 e. The van der Waals surface area contributed by atoms with Gasteiger partial charge in [0.15, 0.2) is 11.5 Å². The molecular formula is C18H19NO5. The summed E-state index contributed by atoms with van der Waals surface area (Å²) in [5.41, 5.74) is 0.955. The highest BCUT2D eigenvalue weighted by Gasteiger charge is 2.19. The second-order valence-electron chi connectivity index (χ2n) is 4.76. The maximum atomic E-state index is 12.6. The van der Waals surface area contributed by atoms with E-state index in [1.807, 2.05) is 0 Å². The van der Waals surface area contributed by atoms with Crippen LogP contribution in [-0.4, -0.2) is 32.7 Å². The predicted octanol–water partition coefficient (Wildman–Crippen LogP) is 3.13. The summed E-state index contributed by atoms with van der Waals surface area (Å²) in [6.45, 7) is 1.98. The van der Waals surface area contributed by atoms with E-state index in [1.54, 1.807) is 49.4 Å². The molecule has 0 bridgehead atoms. The fraction of sp³-hybridized carbons (Fsp3) is 0.222. The highest BCUT2D eigenvalue weighted by molar-refractivity contribution is 6.09. The lowest BCUT2D eigenvalue weighted by Gasteiger charge is -2.14. The van der Waals surface area contributed by atoms with E-state index < -0.39 is 11.9 Å². The van der Waals surface area contributed by atoms with Gasteiger partial charge in [0.05, 0.1) is 37.6 Å². The summed E-state index contributed by atoms with van der Waals surface area (Å²) in [6, 6.07) is 11.7. The molecule has 0 aliphatic heterocycles. The maximum Gasteiger partial charge on any atom is 0.340 e. The third-order valence-corrected chi connectivity index (χ3v) is 3.32. The van der Waals surface area contributed by atoms with Gasteiger partial charge in [0.1, 0.15) is 0 Å². The van der Waals surface area contributed by atoms with Gasteiger partial charge in [-0.2, -0.15) is 0 Å². The largest absolute Gasteiger partial charge is 0.493 e. The molecule has 0 aromatic heterocycles. The van der Waals surface area contributed by atoms with E-state index in [0.717, 1.165) is 0 Å². The molecule has 0 heterocycles. The van der Waals surface area contributed by atoms with Gasteiger partial charge in [0.25, 0.3) is 5.91 Å². The van der Waals surface area contributed by atoms with Gasteiger partial charge >= 0.3 is 5.97 Å². The van der Waals surface area contributed by atoms with Crippen LogP contribution >= 0.6 is 0 Å². The number of ether oxygens (including phenoxy) is 3. The van der Waals surface area contributed by atoms with Crippen molar-refractivity contribution in [3.05, 3.63) is 53.6 Å². The Hall–Kier alpha value is -3.02. The molecule has 2 aromatic rings. The summed E-state index contributed by atoms with van der Waals surface area (Å²) in [5.74, 6) is -0.136. The smallest absolute Gasteiger partial charge is 0.340 e. The summed E-state index contributed by atoms with van der Waals surface area (Å²) < 4.78 is 15.5. The van der Waals surface area contributed by atoms with Crippen molar-refractivity contribution < 1.29 is 23.8 Å². The average molecular weight is 329 g/mol. The second kappa shape index (κ2) is 8.01. The molecule has 1 N–H and O–H groups in total. The van der Waals surface area contributed by atoms with Crippen LogP contribution in [0.5, 0.6) is 11.5 Å². The van der Waals surface area contributed by atoms with Gasteiger partial charge in [0, 0.05) is 0 Å². The summed E-state index contributed by atoms with van der Waals surface area (Å²) in [5, 5.41) is 2.72. The van der Waals surface area contributed by atoms with Crippen LogP contribution in [-0.2, 0) is 4.74 Å². The van der Waals surface area contributed by atoms with Crippen molar-refractivity contribution in [1.82, 2.24) is 0 Å². The first kappa shape index (κ1) is 17.3. The van der Waals surface area contributed by atoms with Gasteiger partial charge in [-0.3, -0.25) is 4.79 Å². The summed E-state index contributed by atoms with van der Waals surface area (Å²) >= 11 is 0. The lowest BCUT2D eigenvalue weighted by Crippen LogP contribution is -2.17. The van der Waals surface area contributed by atoms with Gasteiger partial charge in [0.2, 0.25) is 0 Å². The number of benzene rings is 2. The molecule has 0 aliphatic rings. The molecule has 2 rings (SSSR count). The number of esters is 1. The molecule has 6 heteroatoms. The number of hydrogen-bond acceptors (Lipinski definition) is 5.